The number of hydrogen-bond acceptors (Lipinski definition) is 6. The predicted octanol–water partition coefficient (Wildman–Crippen LogP) is 3.98. The fraction of sp³-hybridized carbons (Fsp3) is 0.484. The van der Waals surface area contributed by atoms with Crippen molar-refractivity contribution in [3.63, 3.8) is 0 Å². The van der Waals surface area contributed by atoms with Gasteiger partial charge in [0.2, 0.25) is 5.91 Å². The summed E-state index contributed by atoms with van der Waals surface area (Å²) in [5, 5.41) is 3.97. The minimum absolute atomic E-state index is 0.00122. The quantitative estimate of drug-likeness (QED) is 0.356. The maximum absolute atomic E-state index is 13.7. The smallest absolute Gasteiger partial charge is 0.254 e. The maximum Gasteiger partial charge on any atom is 0.254 e. The van der Waals surface area contributed by atoms with Crippen LogP contribution in [0, 0.1) is 12.8 Å². The van der Waals surface area contributed by atoms with E-state index in [-0.39, 0.29) is 36.0 Å². The fourth-order valence-corrected chi connectivity index (χ4v) is 7.00. The highest BCUT2D eigenvalue weighted by Gasteiger charge is 2.47. The molecule has 10 nitrogen and oxygen atoms in total. The summed E-state index contributed by atoms with van der Waals surface area (Å²) in [4.78, 5) is 37.5. The number of carbonyl (C=O) groups is 2. The second-order valence-corrected chi connectivity index (χ2v) is 12.1. The summed E-state index contributed by atoms with van der Waals surface area (Å²) >= 11 is 0. The van der Waals surface area contributed by atoms with Gasteiger partial charge in [-0.15, -0.1) is 0 Å². The van der Waals surface area contributed by atoms with Crippen LogP contribution in [-0.4, -0.2) is 60.9 Å². The van der Waals surface area contributed by atoms with Gasteiger partial charge in [0, 0.05) is 48.6 Å². The van der Waals surface area contributed by atoms with E-state index in [0.717, 1.165) is 59.6 Å². The van der Waals surface area contributed by atoms with Crippen molar-refractivity contribution in [2.75, 3.05) is 7.11 Å². The Hall–Kier alpha value is -3.92. The second-order valence-electron chi connectivity index (χ2n) is 12.1. The zero-order valence-electron chi connectivity index (χ0n) is 24.1. The van der Waals surface area contributed by atoms with Crippen LogP contribution in [0.1, 0.15) is 73.7 Å². The van der Waals surface area contributed by atoms with Crippen molar-refractivity contribution in [3.05, 3.63) is 47.3 Å². The highest BCUT2D eigenvalue weighted by Crippen LogP contribution is 2.40. The highest BCUT2D eigenvalue weighted by molar-refractivity contribution is 5.96. The molecule has 0 spiro atoms. The molecule has 2 aliphatic heterocycles. The summed E-state index contributed by atoms with van der Waals surface area (Å²) in [6, 6.07) is 10.1. The van der Waals surface area contributed by atoms with E-state index in [0.29, 0.717) is 23.0 Å². The Balaban J connectivity index is 1.33. The van der Waals surface area contributed by atoms with Crippen LogP contribution in [0.4, 0.5) is 0 Å². The maximum atomic E-state index is 13.7. The molecule has 3 N–H and O–H groups in total. The average Bonchev–Trinajstić information content (AvgIpc) is 3.27. The number of nitrogens with two attached hydrogens (primary N) is 1. The average molecular weight is 556 g/mol. The molecule has 1 aliphatic carbocycles. The number of pyridine rings is 2. The first-order valence-electron chi connectivity index (χ1n) is 14.7. The van der Waals surface area contributed by atoms with Crippen molar-refractivity contribution >= 4 is 28.5 Å². The standard InChI is InChI=1S/C31H37N7O3/c1-16(33-18(3)39)24-9-7-20-11-26(36(30(20)34-24)15-19-5-6-19)29-17(2)37-27(35-29)12-21(13-28(37)41-4)31(40)38-22-8-10-25(38)23(32)14-22/h7,9,11-13,16,19,22-23,25H,5-6,8,10,14-15,32H2,1-4H3,(H,33,39)/t16-,22+,23-,25-/m1/s1. The Morgan fingerprint density at radius 3 is 2.61 bits per heavy atom. The van der Waals surface area contributed by atoms with Crippen LogP contribution >= 0.6 is 0 Å². The van der Waals surface area contributed by atoms with Gasteiger partial charge in [0.15, 0.2) is 5.88 Å². The van der Waals surface area contributed by atoms with Gasteiger partial charge in [0.05, 0.1) is 30.2 Å². The number of nitrogens with zero attached hydrogens (tertiary/aromatic N) is 5. The fourth-order valence-electron chi connectivity index (χ4n) is 7.00. The van der Waals surface area contributed by atoms with Gasteiger partial charge in [-0.05, 0) is 76.1 Å². The number of rotatable bonds is 7. The molecule has 2 saturated heterocycles. The van der Waals surface area contributed by atoms with Gasteiger partial charge in [-0.1, -0.05) is 0 Å². The summed E-state index contributed by atoms with van der Waals surface area (Å²) in [6.45, 7) is 6.36. The van der Waals surface area contributed by atoms with Crippen LogP contribution in [0.15, 0.2) is 30.3 Å². The van der Waals surface area contributed by atoms with Gasteiger partial charge in [0.1, 0.15) is 17.0 Å². The van der Waals surface area contributed by atoms with E-state index in [1.165, 1.54) is 19.8 Å². The third-order valence-electron chi connectivity index (χ3n) is 9.20. The lowest BCUT2D eigenvalue weighted by Gasteiger charge is -2.23. The molecule has 0 radical (unpaired) electrons. The van der Waals surface area contributed by atoms with Crippen LogP contribution in [0.5, 0.6) is 5.88 Å². The van der Waals surface area contributed by atoms with Gasteiger partial charge in [0.25, 0.3) is 5.91 Å². The Morgan fingerprint density at radius 2 is 1.95 bits per heavy atom. The molecule has 1 saturated carbocycles. The molecule has 3 aliphatic rings. The molecule has 4 aromatic rings. The zero-order valence-corrected chi connectivity index (χ0v) is 24.1. The van der Waals surface area contributed by atoms with Crippen molar-refractivity contribution in [3.8, 4) is 17.3 Å². The Labute approximate surface area is 238 Å². The third kappa shape index (κ3) is 4.27. The van der Waals surface area contributed by atoms with Crippen LogP contribution in [0.25, 0.3) is 28.1 Å². The Kier molecular flexibility index (Phi) is 6.08. The minimum atomic E-state index is -0.192. The van der Waals surface area contributed by atoms with Gasteiger partial charge >= 0.3 is 0 Å². The molecule has 2 bridgehead atoms. The predicted molar refractivity (Wildman–Crippen MR) is 156 cm³/mol. The minimum Gasteiger partial charge on any atom is -0.482 e. The molecule has 4 atom stereocenters. The molecule has 0 aromatic carbocycles. The Bertz CT molecular complexity index is 1700. The number of carbonyl (C=O) groups excluding carboxylic acids is 2. The van der Waals surface area contributed by atoms with Crippen molar-refractivity contribution in [1.82, 2.24) is 29.2 Å². The molecule has 10 heteroatoms. The lowest BCUT2D eigenvalue weighted by atomic mass is 9.97. The number of hydrogen-bond donors (Lipinski definition) is 2. The van der Waals surface area contributed by atoms with Crippen LogP contribution in [0.3, 0.4) is 0 Å². The van der Waals surface area contributed by atoms with Crippen molar-refractivity contribution < 1.29 is 14.3 Å². The first-order valence-corrected chi connectivity index (χ1v) is 14.7. The Morgan fingerprint density at radius 1 is 1.15 bits per heavy atom. The third-order valence-corrected chi connectivity index (χ3v) is 9.20. The van der Waals surface area contributed by atoms with Crippen molar-refractivity contribution in [1.29, 1.82) is 0 Å². The van der Waals surface area contributed by atoms with E-state index >= 15 is 0 Å². The van der Waals surface area contributed by atoms with E-state index in [1.807, 2.05) is 41.3 Å². The second kappa shape index (κ2) is 9.58. The van der Waals surface area contributed by atoms with Crippen molar-refractivity contribution in [2.45, 2.75) is 83.6 Å². The summed E-state index contributed by atoms with van der Waals surface area (Å²) in [6.07, 6.45) is 5.25. The first kappa shape index (κ1) is 26.0. The van der Waals surface area contributed by atoms with Crippen LogP contribution < -0.4 is 15.8 Å². The number of aromatic nitrogens is 4. The lowest BCUT2D eigenvalue weighted by molar-refractivity contribution is -0.119. The summed E-state index contributed by atoms with van der Waals surface area (Å²) < 4.78 is 10.1. The van der Waals surface area contributed by atoms with Crippen LogP contribution in [-0.2, 0) is 11.3 Å². The number of nitrogens with one attached hydrogen (secondary N) is 1. The number of ether oxygens (including phenoxy) is 1. The summed E-state index contributed by atoms with van der Waals surface area (Å²) in [5.74, 6) is 1.11. The monoisotopic (exact) mass is 555 g/mol. The number of methoxy groups -OCH3 is 1. The van der Waals surface area contributed by atoms with Crippen molar-refractivity contribution in [2.24, 2.45) is 11.7 Å². The molecule has 4 aromatic heterocycles. The summed E-state index contributed by atoms with van der Waals surface area (Å²) in [5.41, 5.74) is 12.1. The molecule has 214 valence electrons. The van der Waals surface area contributed by atoms with E-state index < -0.39 is 0 Å². The van der Waals surface area contributed by atoms with E-state index in [1.54, 1.807) is 7.11 Å². The normalized spacial score (nSPS) is 22.6. The highest BCUT2D eigenvalue weighted by atomic mass is 16.5. The van der Waals surface area contributed by atoms with Crippen LogP contribution in [0.2, 0.25) is 0 Å². The van der Waals surface area contributed by atoms with Gasteiger partial charge in [-0.25, -0.2) is 9.97 Å². The molecular formula is C31H37N7O3. The summed E-state index contributed by atoms with van der Waals surface area (Å²) in [7, 11) is 1.63. The van der Waals surface area contributed by atoms with Gasteiger partial charge in [-0.2, -0.15) is 0 Å². The van der Waals surface area contributed by atoms with Gasteiger partial charge in [-0.3, -0.25) is 14.0 Å². The SMILES string of the molecule is COc1cc(C(=O)N2[C@H]3CC[C@@H]2[C@H](N)C3)cc2nc(-c3cc4ccc([C@@H](C)NC(C)=O)nc4n3CC3CC3)c(C)n12. The van der Waals surface area contributed by atoms with E-state index in [2.05, 4.69) is 22.0 Å². The molecule has 6 heterocycles. The molecule has 7 rings (SSSR count). The van der Waals surface area contributed by atoms with Gasteiger partial charge < -0.3 is 25.3 Å². The number of fused-ring (bicyclic) bond motifs is 4. The topological polar surface area (TPSA) is 120 Å². The molecule has 41 heavy (non-hydrogen) atoms. The number of imidazole rings is 1. The van der Waals surface area contributed by atoms with E-state index in [9.17, 15) is 9.59 Å². The largest absolute Gasteiger partial charge is 0.482 e. The molecule has 2 amide bonds. The molecule has 3 fully saturated rings. The number of aryl methyl sites for hydroxylation is 1. The van der Waals surface area contributed by atoms with E-state index in [4.69, 9.17) is 20.4 Å². The zero-order chi connectivity index (χ0) is 28.6. The first-order chi connectivity index (χ1) is 19.7. The molecular weight excluding hydrogens is 518 g/mol. The molecule has 0 unspecified atom stereocenters. The lowest BCUT2D eigenvalue weighted by Crippen LogP contribution is -2.40. The number of amides is 2.